The van der Waals surface area contributed by atoms with Gasteiger partial charge in [0.05, 0.1) is 0 Å². The van der Waals surface area contributed by atoms with Gasteiger partial charge < -0.3 is 10.1 Å². The van der Waals surface area contributed by atoms with E-state index in [2.05, 4.69) is 59.0 Å². The molecule has 0 radical (unpaired) electrons. The number of amides is 1. The predicted octanol–water partition coefficient (Wildman–Crippen LogP) is 4.40. The van der Waals surface area contributed by atoms with Gasteiger partial charge in [-0.3, -0.25) is 4.79 Å². The molecule has 0 aliphatic rings. The van der Waals surface area contributed by atoms with E-state index >= 15 is 0 Å². The van der Waals surface area contributed by atoms with Crippen LogP contribution in [0.3, 0.4) is 0 Å². The monoisotopic (exact) mass is 337 g/mol. The zero-order valence-electron chi connectivity index (χ0n) is 15.5. The van der Waals surface area contributed by atoms with Crippen LogP contribution in [0.4, 0.5) is 0 Å². The molecule has 1 unspecified atom stereocenters. The van der Waals surface area contributed by atoms with E-state index in [4.69, 9.17) is 4.74 Å². The Morgan fingerprint density at radius 1 is 1.13 bits per heavy atom. The summed E-state index contributed by atoms with van der Waals surface area (Å²) in [5.41, 5.74) is 1.37. The summed E-state index contributed by atoms with van der Waals surface area (Å²) in [6, 6.07) is 7.97. The first-order valence-corrected chi connectivity index (χ1v) is 9.16. The summed E-state index contributed by atoms with van der Waals surface area (Å²) in [5, 5.41) is 2.93. The van der Waals surface area contributed by atoms with Crippen molar-refractivity contribution < 1.29 is 9.53 Å². The van der Waals surface area contributed by atoms with Crippen molar-refractivity contribution in [3.63, 3.8) is 0 Å². The smallest absolute Gasteiger partial charge is 0.260 e. The van der Waals surface area contributed by atoms with Gasteiger partial charge in [-0.25, -0.2) is 0 Å². The fourth-order valence-corrected chi connectivity index (χ4v) is 2.78. The third-order valence-corrected chi connectivity index (χ3v) is 4.61. The van der Waals surface area contributed by atoms with E-state index in [1.165, 1.54) is 5.56 Å². The fourth-order valence-electron chi connectivity index (χ4n) is 1.97. The fraction of sp³-hybridized carbons (Fsp3) is 0.632. The van der Waals surface area contributed by atoms with Gasteiger partial charge >= 0.3 is 0 Å². The van der Waals surface area contributed by atoms with Crippen LogP contribution in [-0.4, -0.2) is 29.1 Å². The average molecular weight is 338 g/mol. The maximum absolute atomic E-state index is 12.1. The van der Waals surface area contributed by atoms with Crippen molar-refractivity contribution in [1.82, 2.24) is 5.32 Å². The molecule has 1 N–H and O–H groups in total. The highest BCUT2D eigenvalue weighted by Gasteiger charge is 2.17. The van der Waals surface area contributed by atoms with E-state index in [0.717, 1.165) is 11.5 Å². The number of ether oxygens (including phenoxy) is 1. The van der Waals surface area contributed by atoms with Gasteiger partial charge in [-0.15, -0.1) is 0 Å². The SMILES string of the molecule is CC(Oc1ccc(C(C)(C)C)cc1)C(=O)NCCSC(C)(C)C. The lowest BCUT2D eigenvalue weighted by Crippen LogP contribution is -2.37. The number of carbonyl (C=O) groups is 1. The molecule has 0 saturated carbocycles. The quantitative estimate of drug-likeness (QED) is 0.782. The molecule has 0 saturated heterocycles. The molecule has 0 fully saturated rings. The van der Waals surface area contributed by atoms with E-state index in [-0.39, 0.29) is 16.1 Å². The molecule has 1 aromatic carbocycles. The summed E-state index contributed by atoms with van der Waals surface area (Å²) in [5.74, 6) is 1.56. The summed E-state index contributed by atoms with van der Waals surface area (Å²) < 4.78 is 5.95. The first-order chi connectivity index (χ1) is 10.5. The number of hydrogen-bond donors (Lipinski definition) is 1. The topological polar surface area (TPSA) is 38.3 Å². The molecule has 0 bridgehead atoms. The summed E-state index contributed by atoms with van der Waals surface area (Å²) in [4.78, 5) is 12.1. The van der Waals surface area contributed by atoms with Gasteiger partial charge in [0.2, 0.25) is 0 Å². The lowest BCUT2D eigenvalue weighted by Gasteiger charge is -2.20. The second-order valence-electron chi connectivity index (χ2n) is 7.79. The van der Waals surface area contributed by atoms with Gasteiger partial charge in [-0.05, 0) is 30.0 Å². The minimum absolute atomic E-state index is 0.0700. The number of nitrogens with one attached hydrogen (secondary N) is 1. The molecule has 1 amide bonds. The molecule has 4 heteroatoms. The van der Waals surface area contributed by atoms with Gasteiger partial charge in [0, 0.05) is 17.0 Å². The minimum atomic E-state index is -0.491. The number of hydrogen-bond acceptors (Lipinski definition) is 3. The Balaban J connectivity index is 2.43. The summed E-state index contributed by atoms with van der Waals surface area (Å²) in [7, 11) is 0. The Morgan fingerprint density at radius 2 is 1.70 bits per heavy atom. The van der Waals surface area contributed by atoms with Crippen LogP contribution in [0.5, 0.6) is 5.75 Å². The van der Waals surface area contributed by atoms with E-state index in [0.29, 0.717) is 6.54 Å². The summed E-state index contributed by atoms with van der Waals surface area (Å²) >= 11 is 1.84. The van der Waals surface area contributed by atoms with E-state index in [9.17, 15) is 4.79 Å². The van der Waals surface area contributed by atoms with E-state index < -0.39 is 6.10 Å². The number of benzene rings is 1. The van der Waals surface area contributed by atoms with Crippen LogP contribution < -0.4 is 10.1 Å². The first kappa shape index (κ1) is 19.9. The Labute approximate surface area is 145 Å². The molecule has 130 valence electrons. The second kappa shape index (κ2) is 8.09. The van der Waals surface area contributed by atoms with Crippen LogP contribution in [-0.2, 0) is 10.2 Å². The van der Waals surface area contributed by atoms with Gasteiger partial charge in [0.1, 0.15) is 5.75 Å². The Morgan fingerprint density at radius 3 is 2.17 bits per heavy atom. The largest absolute Gasteiger partial charge is 0.481 e. The van der Waals surface area contributed by atoms with E-state index in [1.54, 1.807) is 6.92 Å². The van der Waals surface area contributed by atoms with Gasteiger partial charge in [0.15, 0.2) is 6.10 Å². The third-order valence-electron chi connectivity index (χ3n) is 3.34. The summed E-state index contributed by atoms with van der Waals surface area (Å²) in [6.45, 7) is 15.5. The van der Waals surface area contributed by atoms with Crippen LogP contribution in [0.25, 0.3) is 0 Å². The van der Waals surface area contributed by atoms with Crippen LogP contribution in [0.15, 0.2) is 24.3 Å². The molecular formula is C19H31NO2S. The number of rotatable bonds is 6. The maximum Gasteiger partial charge on any atom is 0.260 e. The molecular weight excluding hydrogens is 306 g/mol. The third kappa shape index (κ3) is 7.78. The zero-order chi connectivity index (χ0) is 17.7. The van der Waals surface area contributed by atoms with Crippen molar-refractivity contribution in [3.8, 4) is 5.75 Å². The van der Waals surface area contributed by atoms with Crippen molar-refractivity contribution in [2.45, 2.75) is 64.7 Å². The van der Waals surface area contributed by atoms with Gasteiger partial charge in [-0.2, -0.15) is 11.8 Å². The molecule has 0 aliphatic heterocycles. The Kier molecular flexibility index (Phi) is 7.00. The number of carbonyl (C=O) groups excluding carboxylic acids is 1. The lowest BCUT2D eigenvalue weighted by molar-refractivity contribution is -0.127. The van der Waals surface area contributed by atoms with Crippen molar-refractivity contribution in [2.75, 3.05) is 12.3 Å². The molecule has 1 rings (SSSR count). The van der Waals surface area contributed by atoms with Crippen LogP contribution in [0.1, 0.15) is 54.0 Å². The Hall–Kier alpha value is -1.16. The second-order valence-corrected chi connectivity index (χ2v) is 9.71. The lowest BCUT2D eigenvalue weighted by atomic mass is 9.87. The normalized spacial score (nSPS) is 13.5. The van der Waals surface area contributed by atoms with Crippen molar-refractivity contribution in [2.24, 2.45) is 0 Å². The molecule has 23 heavy (non-hydrogen) atoms. The molecule has 1 atom stereocenters. The van der Waals surface area contributed by atoms with Crippen LogP contribution in [0.2, 0.25) is 0 Å². The molecule has 3 nitrogen and oxygen atoms in total. The maximum atomic E-state index is 12.1. The standard InChI is InChI=1S/C19H31NO2S/c1-14(17(21)20-12-13-23-19(5,6)7)22-16-10-8-15(9-11-16)18(2,3)4/h8-11,14H,12-13H2,1-7H3,(H,20,21). The zero-order valence-corrected chi connectivity index (χ0v) is 16.3. The average Bonchev–Trinajstić information content (AvgIpc) is 2.42. The molecule has 1 aromatic rings. The van der Waals surface area contributed by atoms with Crippen molar-refractivity contribution in [1.29, 1.82) is 0 Å². The van der Waals surface area contributed by atoms with Crippen molar-refractivity contribution in [3.05, 3.63) is 29.8 Å². The molecule has 0 heterocycles. The van der Waals surface area contributed by atoms with Crippen molar-refractivity contribution >= 4 is 17.7 Å². The highest BCUT2D eigenvalue weighted by atomic mass is 32.2. The van der Waals surface area contributed by atoms with Gasteiger partial charge in [0.25, 0.3) is 5.91 Å². The van der Waals surface area contributed by atoms with Crippen LogP contribution in [0, 0.1) is 0 Å². The highest BCUT2D eigenvalue weighted by Crippen LogP contribution is 2.25. The minimum Gasteiger partial charge on any atom is -0.481 e. The Bertz CT molecular complexity index is 498. The molecule has 0 aliphatic carbocycles. The van der Waals surface area contributed by atoms with E-state index in [1.807, 2.05) is 23.9 Å². The first-order valence-electron chi connectivity index (χ1n) is 8.18. The molecule has 0 spiro atoms. The highest BCUT2D eigenvalue weighted by molar-refractivity contribution is 8.00. The number of thioether (sulfide) groups is 1. The predicted molar refractivity (Wildman–Crippen MR) is 100 cm³/mol. The summed E-state index contributed by atoms with van der Waals surface area (Å²) in [6.07, 6.45) is -0.491. The van der Waals surface area contributed by atoms with Gasteiger partial charge in [-0.1, -0.05) is 53.7 Å². The molecule has 0 aromatic heterocycles. The van der Waals surface area contributed by atoms with Crippen LogP contribution >= 0.6 is 11.8 Å².